The normalized spacial score (nSPS) is 18.2. The smallest absolute Gasteiger partial charge is 0.226 e. The van der Waals surface area contributed by atoms with Crippen LogP contribution < -0.4 is 24.3 Å². The van der Waals surface area contributed by atoms with Crippen molar-refractivity contribution in [2.24, 2.45) is 5.41 Å². The summed E-state index contributed by atoms with van der Waals surface area (Å²) in [4.78, 5) is 18.3. The Bertz CT molecular complexity index is 1350. The number of hydrogen-bond donors (Lipinski definition) is 1. The molecule has 5 rings (SSSR count). The Balaban J connectivity index is 1.69. The first-order valence-corrected chi connectivity index (χ1v) is 11.7. The summed E-state index contributed by atoms with van der Waals surface area (Å²) >= 11 is 0. The second kappa shape index (κ2) is 8.89. The lowest BCUT2D eigenvalue weighted by Gasteiger charge is -2.38. The molecule has 0 fully saturated rings. The van der Waals surface area contributed by atoms with E-state index < -0.39 is 6.04 Å². The molecule has 9 nitrogen and oxygen atoms in total. The van der Waals surface area contributed by atoms with Gasteiger partial charge in [-0.3, -0.25) is 4.79 Å². The van der Waals surface area contributed by atoms with E-state index in [1.165, 1.54) is 0 Å². The molecule has 1 aliphatic heterocycles. The lowest BCUT2D eigenvalue weighted by molar-refractivity contribution is -0.118. The van der Waals surface area contributed by atoms with Gasteiger partial charge in [0.1, 0.15) is 17.5 Å². The van der Waals surface area contributed by atoms with E-state index in [0.717, 1.165) is 23.2 Å². The van der Waals surface area contributed by atoms with Gasteiger partial charge in [-0.25, -0.2) is 4.68 Å². The van der Waals surface area contributed by atoms with Crippen LogP contribution in [0.5, 0.6) is 23.0 Å². The van der Waals surface area contributed by atoms with Gasteiger partial charge in [-0.1, -0.05) is 19.9 Å². The number of benzene rings is 2. The number of Topliss-reactive ketones (excluding diaryl/α,β-unsaturated/α-hetero) is 1. The number of fused-ring (bicyclic) bond motifs is 1. The summed E-state index contributed by atoms with van der Waals surface area (Å²) in [5.74, 6) is 3.62. The molecule has 9 heteroatoms. The minimum Gasteiger partial charge on any atom is -0.497 e. The van der Waals surface area contributed by atoms with Gasteiger partial charge in [-0.05, 0) is 41.7 Å². The fourth-order valence-corrected chi connectivity index (χ4v) is 5.00. The molecule has 1 atom stereocenters. The van der Waals surface area contributed by atoms with E-state index in [4.69, 9.17) is 29.0 Å². The largest absolute Gasteiger partial charge is 0.497 e. The van der Waals surface area contributed by atoms with Crippen LogP contribution in [-0.2, 0) is 4.79 Å². The van der Waals surface area contributed by atoms with Gasteiger partial charge in [-0.2, -0.15) is 4.98 Å². The highest BCUT2D eigenvalue weighted by molar-refractivity contribution is 6.00. The summed E-state index contributed by atoms with van der Waals surface area (Å²) in [5.41, 5.74) is 3.02. The number of carbonyl (C=O) groups excluding carboxylic acids is 1. The van der Waals surface area contributed by atoms with E-state index in [1.54, 1.807) is 39.2 Å². The Morgan fingerprint density at radius 3 is 2.25 bits per heavy atom. The SMILES string of the molecule is COc1cc(OC)cc(-c2nc3n(n2)[C@H](c2ccc(OC)c(OC)c2)C2=C(CC(C)(C)CC2=O)N3)c1. The standard InChI is InChI=1S/C27H30N4O5/c1-27(2)13-19-23(20(32)14-27)24(15-7-8-21(35-5)22(11-15)36-6)31-26(28-19)29-25(30-31)16-9-17(33-3)12-18(10-16)34-4/h7-12,24H,13-14H2,1-6H3,(H,28,29,30)/t24-/m1/s1. The average Bonchev–Trinajstić information content (AvgIpc) is 3.29. The van der Waals surface area contributed by atoms with Crippen molar-refractivity contribution in [3.63, 3.8) is 0 Å². The van der Waals surface area contributed by atoms with Crippen LogP contribution in [0.15, 0.2) is 47.7 Å². The molecule has 0 amide bonds. The molecule has 188 valence electrons. The molecule has 0 bridgehead atoms. The fraction of sp³-hybridized carbons (Fsp3) is 0.370. The van der Waals surface area contributed by atoms with Gasteiger partial charge in [0.25, 0.3) is 0 Å². The van der Waals surface area contributed by atoms with E-state index in [2.05, 4.69) is 19.2 Å². The van der Waals surface area contributed by atoms with E-state index in [0.29, 0.717) is 46.8 Å². The molecule has 2 heterocycles. The predicted molar refractivity (Wildman–Crippen MR) is 135 cm³/mol. The van der Waals surface area contributed by atoms with Gasteiger partial charge in [0.2, 0.25) is 5.95 Å². The summed E-state index contributed by atoms with van der Waals surface area (Å²) in [5, 5.41) is 8.28. The summed E-state index contributed by atoms with van der Waals surface area (Å²) < 4.78 is 23.6. The molecule has 0 saturated heterocycles. The van der Waals surface area contributed by atoms with Crippen molar-refractivity contribution in [3.05, 3.63) is 53.2 Å². The van der Waals surface area contributed by atoms with Crippen LogP contribution in [0, 0.1) is 5.41 Å². The molecule has 0 unspecified atom stereocenters. The number of nitrogens with zero attached hydrogens (tertiary/aromatic N) is 3. The molecule has 2 aliphatic rings. The highest BCUT2D eigenvalue weighted by Crippen LogP contribution is 2.46. The van der Waals surface area contributed by atoms with Crippen LogP contribution in [0.2, 0.25) is 0 Å². The molecular formula is C27H30N4O5. The maximum Gasteiger partial charge on any atom is 0.226 e. The number of anilines is 1. The van der Waals surface area contributed by atoms with Crippen molar-refractivity contribution in [2.45, 2.75) is 32.7 Å². The van der Waals surface area contributed by atoms with Gasteiger partial charge in [0, 0.05) is 29.3 Å². The van der Waals surface area contributed by atoms with Gasteiger partial charge >= 0.3 is 0 Å². The van der Waals surface area contributed by atoms with Crippen molar-refractivity contribution in [1.82, 2.24) is 14.8 Å². The Hall–Kier alpha value is -4.01. The van der Waals surface area contributed by atoms with Crippen LogP contribution in [0.25, 0.3) is 11.4 Å². The number of nitrogens with one attached hydrogen (secondary N) is 1. The first-order chi connectivity index (χ1) is 17.3. The topological polar surface area (TPSA) is 96.7 Å². The number of ether oxygens (including phenoxy) is 4. The van der Waals surface area contributed by atoms with Crippen molar-refractivity contribution in [2.75, 3.05) is 33.8 Å². The van der Waals surface area contributed by atoms with E-state index in [9.17, 15) is 4.79 Å². The Labute approximate surface area is 210 Å². The number of methoxy groups -OCH3 is 4. The van der Waals surface area contributed by atoms with E-state index in [-0.39, 0.29) is 11.2 Å². The first kappa shape index (κ1) is 23.7. The zero-order chi connectivity index (χ0) is 25.6. The molecule has 1 N–H and O–H groups in total. The summed E-state index contributed by atoms with van der Waals surface area (Å²) in [6, 6.07) is 10.7. The van der Waals surface area contributed by atoms with Gasteiger partial charge in [0.15, 0.2) is 23.1 Å². The van der Waals surface area contributed by atoms with Crippen LogP contribution >= 0.6 is 0 Å². The Morgan fingerprint density at radius 1 is 0.917 bits per heavy atom. The van der Waals surface area contributed by atoms with Crippen LogP contribution in [0.4, 0.5) is 5.95 Å². The zero-order valence-corrected chi connectivity index (χ0v) is 21.3. The lowest BCUT2D eigenvalue weighted by Crippen LogP contribution is -2.36. The summed E-state index contributed by atoms with van der Waals surface area (Å²) in [6.07, 6.45) is 1.19. The maximum absolute atomic E-state index is 13.5. The van der Waals surface area contributed by atoms with Crippen LogP contribution in [0.1, 0.15) is 38.3 Å². The molecule has 36 heavy (non-hydrogen) atoms. The van der Waals surface area contributed by atoms with Crippen LogP contribution in [-0.4, -0.2) is 49.0 Å². The monoisotopic (exact) mass is 490 g/mol. The minimum atomic E-state index is -0.464. The highest BCUT2D eigenvalue weighted by Gasteiger charge is 2.42. The van der Waals surface area contributed by atoms with Gasteiger partial charge < -0.3 is 24.3 Å². The van der Waals surface area contributed by atoms with Crippen molar-refractivity contribution in [3.8, 4) is 34.4 Å². The molecule has 1 aliphatic carbocycles. The van der Waals surface area contributed by atoms with Gasteiger partial charge in [-0.15, -0.1) is 5.10 Å². The number of ketones is 1. The first-order valence-electron chi connectivity index (χ1n) is 11.7. The van der Waals surface area contributed by atoms with Crippen molar-refractivity contribution in [1.29, 1.82) is 0 Å². The summed E-state index contributed by atoms with van der Waals surface area (Å²) in [7, 11) is 6.40. The second-order valence-corrected chi connectivity index (χ2v) is 9.78. The van der Waals surface area contributed by atoms with Gasteiger partial charge in [0.05, 0.1) is 28.4 Å². The number of carbonyl (C=O) groups is 1. The van der Waals surface area contributed by atoms with E-state index in [1.807, 2.05) is 30.3 Å². The third-order valence-electron chi connectivity index (χ3n) is 6.66. The third kappa shape index (κ3) is 4.04. The number of rotatable bonds is 6. The van der Waals surface area contributed by atoms with Crippen molar-refractivity contribution >= 4 is 11.7 Å². The van der Waals surface area contributed by atoms with E-state index >= 15 is 0 Å². The Morgan fingerprint density at radius 2 is 1.61 bits per heavy atom. The number of hydrogen-bond acceptors (Lipinski definition) is 8. The number of allylic oxidation sites excluding steroid dienone is 2. The molecule has 0 spiro atoms. The molecule has 1 aromatic heterocycles. The highest BCUT2D eigenvalue weighted by atomic mass is 16.5. The van der Waals surface area contributed by atoms with Crippen LogP contribution in [0.3, 0.4) is 0 Å². The molecule has 2 aromatic carbocycles. The summed E-state index contributed by atoms with van der Waals surface area (Å²) in [6.45, 7) is 4.21. The maximum atomic E-state index is 13.5. The number of aromatic nitrogens is 3. The molecule has 0 radical (unpaired) electrons. The molecular weight excluding hydrogens is 460 g/mol. The molecule has 3 aromatic rings. The predicted octanol–water partition coefficient (Wildman–Crippen LogP) is 4.64. The molecule has 0 saturated carbocycles. The second-order valence-electron chi connectivity index (χ2n) is 9.78. The van der Waals surface area contributed by atoms with Crippen molar-refractivity contribution < 1.29 is 23.7 Å². The average molecular weight is 491 g/mol. The third-order valence-corrected chi connectivity index (χ3v) is 6.66. The minimum absolute atomic E-state index is 0.0966. The zero-order valence-electron chi connectivity index (χ0n) is 21.3. The quantitative estimate of drug-likeness (QED) is 0.534. The lowest BCUT2D eigenvalue weighted by atomic mass is 9.73. The Kier molecular flexibility index (Phi) is 5.86. The fourth-order valence-electron chi connectivity index (χ4n) is 5.00.